The van der Waals surface area contributed by atoms with Crippen molar-refractivity contribution in [2.24, 2.45) is 0 Å². The van der Waals surface area contributed by atoms with Crippen LogP contribution >= 0.6 is 0 Å². The lowest BCUT2D eigenvalue weighted by Gasteiger charge is -2.23. The quantitative estimate of drug-likeness (QED) is 0.732. The molecule has 4 heteroatoms. The highest BCUT2D eigenvalue weighted by atomic mass is 19.1. The number of rotatable bonds is 1. The third kappa shape index (κ3) is 1.91. The summed E-state index contributed by atoms with van der Waals surface area (Å²) in [7, 11) is 0. The SMILES string of the molecule is Cc1nc(C2COCCN2)ccc1F. The first kappa shape index (κ1) is 9.55. The normalized spacial score (nSPS) is 22.3. The lowest BCUT2D eigenvalue weighted by atomic mass is 10.1. The van der Waals surface area contributed by atoms with Gasteiger partial charge in [0.05, 0.1) is 30.6 Å². The summed E-state index contributed by atoms with van der Waals surface area (Å²) in [5.41, 5.74) is 1.29. The van der Waals surface area contributed by atoms with E-state index in [2.05, 4.69) is 10.3 Å². The average molecular weight is 196 g/mol. The topological polar surface area (TPSA) is 34.1 Å². The van der Waals surface area contributed by atoms with Crippen LogP contribution in [0.5, 0.6) is 0 Å². The fourth-order valence-electron chi connectivity index (χ4n) is 1.51. The summed E-state index contributed by atoms with van der Waals surface area (Å²) >= 11 is 0. The van der Waals surface area contributed by atoms with Crippen LogP contribution in [0.15, 0.2) is 12.1 Å². The van der Waals surface area contributed by atoms with E-state index in [1.807, 2.05) is 0 Å². The lowest BCUT2D eigenvalue weighted by Crippen LogP contribution is -2.35. The molecule has 3 nitrogen and oxygen atoms in total. The zero-order valence-corrected chi connectivity index (χ0v) is 8.09. The standard InChI is InChI=1S/C10H13FN2O/c1-7-8(11)2-3-9(13-7)10-6-14-5-4-12-10/h2-3,10,12H,4-6H2,1H3. The van der Waals surface area contributed by atoms with Gasteiger partial charge in [0, 0.05) is 6.54 Å². The molecule has 0 aromatic carbocycles. The van der Waals surface area contributed by atoms with Gasteiger partial charge < -0.3 is 10.1 Å². The molecule has 1 N–H and O–H groups in total. The number of hydrogen-bond acceptors (Lipinski definition) is 3. The van der Waals surface area contributed by atoms with Gasteiger partial charge in [-0.25, -0.2) is 4.39 Å². The zero-order valence-electron chi connectivity index (χ0n) is 8.09. The molecule has 1 unspecified atom stereocenters. The Kier molecular flexibility index (Phi) is 2.74. The highest BCUT2D eigenvalue weighted by Gasteiger charge is 2.16. The summed E-state index contributed by atoms with van der Waals surface area (Å²) in [4.78, 5) is 4.18. The third-order valence-corrected chi connectivity index (χ3v) is 2.32. The Morgan fingerprint density at radius 1 is 1.57 bits per heavy atom. The van der Waals surface area contributed by atoms with Gasteiger partial charge in [-0.15, -0.1) is 0 Å². The minimum absolute atomic E-state index is 0.100. The van der Waals surface area contributed by atoms with Crippen LogP contribution < -0.4 is 5.32 Å². The largest absolute Gasteiger partial charge is 0.378 e. The second-order valence-corrected chi connectivity index (χ2v) is 3.38. The van der Waals surface area contributed by atoms with Crippen molar-refractivity contribution in [1.29, 1.82) is 0 Å². The molecule has 2 heterocycles. The molecule has 1 atom stereocenters. The van der Waals surface area contributed by atoms with Crippen LogP contribution in [0.25, 0.3) is 0 Å². The number of aryl methyl sites for hydroxylation is 1. The Morgan fingerprint density at radius 2 is 2.43 bits per heavy atom. The smallest absolute Gasteiger partial charge is 0.144 e. The molecule has 1 aliphatic heterocycles. The van der Waals surface area contributed by atoms with Crippen molar-refractivity contribution >= 4 is 0 Å². The van der Waals surface area contributed by atoms with Crippen LogP contribution in [0.3, 0.4) is 0 Å². The molecule has 2 rings (SSSR count). The monoisotopic (exact) mass is 196 g/mol. The maximum atomic E-state index is 13.0. The Bertz CT molecular complexity index is 324. The summed E-state index contributed by atoms with van der Waals surface area (Å²) in [6.45, 7) is 3.83. The van der Waals surface area contributed by atoms with Crippen LogP contribution in [0.1, 0.15) is 17.4 Å². The number of nitrogens with zero attached hydrogens (tertiary/aromatic N) is 1. The molecule has 0 amide bonds. The second-order valence-electron chi connectivity index (χ2n) is 3.38. The number of aromatic nitrogens is 1. The molecule has 1 aromatic heterocycles. The third-order valence-electron chi connectivity index (χ3n) is 2.32. The number of halogens is 1. The molecule has 0 bridgehead atoms. The molecule has 14 heavy (non-hydrogen) atoms. The lowest BCUT2D eigenvalue weighted by molar-refractivity contribution is 0.0755. The maximum Gasteiger partial charge on any atom is 0.144 e. The summed E-state index contributed by atoms with van der Waals surface area (Å²) in [6, 6.07) is 3.26. The Labute approximate surface area is 82.3 Å². The first-order valence-corrected chi connectivity index (χ1v) is 4.71. The van der Waals surface area contributed by atoms with E-state index < -0.39 is 0 Å². The molecule has 76 valence electrons. The Hall–Kier alpha value is -1.00. The number of hydrogen-bond donors (Lipinski definition) is 1. The van der Waals surface area contributed by atoms with Crippen LogP contribution in [-0.2, 0) is 4.74 Å². The highest BCUT2D eigenvalue weighted by Crippen LogP contribution is 2.14. The van der Waals surface area contributed by atoms with Crippen molar-refractivity contribution in [3.05, 3.63) is 29.3 Å². The van der Waals surface area contributed by atoms with Gasteiger partial charge in [0.15, 0.2) is 0 Å². The molecule has 0 spiro atoms. The van der Waals surface area contributed by atoms with Gasteiger partial charge in [-0.3, -0.25) is 4.98 Å². The van der Waals surface area contributed by atoms with Crippen LogP contribution in [0, 0.1) is 12.7 Å². The van der Waals surface area contributed by atoms with Gasteiger partial charge in [0.25, 0.3) is 0 Å². The van der Waals surface area contributed by atoms with Crippen molar-refractivity contribution in [3.8, 4) is 0 Å². The van der Waals surface area contributed by atoms with Crippen LogP contribution in [-0.4, -0.2) is 24.7 Å². The van der Waals surface area contributed by atoms with Gasteiger partial charge in [-0.05, 0) is 19.1 Å². The van der Waals surface area contributed by atoms with E-state index in [0.717, 1.165) is 18.8 Å². The van der Waals surface area contributed by atoms with E-state index in [4.69, 9.17) is 4.74 Å². The zero-order chi connectivity index (χ0) is 9.97. The first-order chi connectivity index (χ1) is 6.77. The minimum atomic E-state index is -0.259. The van der Waals surface area contributed by atoms with Crippen molar-refractivity contribution < 1.29 is 9.13 Å². The maximum absolute atomic E-state index is 13.0. The molecule has 0 aliphatic carbocycles. The summed E-state index contributed by atoms with van der Waals surface area (Å²) in [5, 5.41) is 3.27. The summed E-state index contributed by atoms with van der Waals surface area (Å²) in [5.74, 6) is -0.259. The fourth-order valence-corrected chi connectivity index (χ4v) is 1.51. The van der Waals surface area contributed by atoms with Crippen LogP contribution in [0.4, 0.5) is 4.39 Å². The Morgan fingerprint density at radius 3 is 3.07 bits per heavy atom. The predicted octanol–water partition coefficient (Wildman–Crippen LogP) is 1.19. The van der Waals surface area contributed by atoms with Crippen molar-refractivity contribution in [3.63, 3.8) is 0 Å². The average Bonchev–Trinajstić information content (AvgIpc) is 2.23. The minimum Gasteiger partial charge on any atom is -0.378 e. The molecule has 1 aliphatic rings. The van der Waals surface area contributed by atoms with E-state index in [0.29, 0.717) is 12.3 Å². The van der Waals surface area contributed by atoms with Crippen LogP contribution in [0.2, 0.25) is 0 Å². The predicted molar refractivity (Wildman–Crippen MR) is 50.5 cm³/mol. The molecule has 1 fully saturated rings. The van der Waals surface area contributed by atoms with E-state index in [1.54, 1.807) is 13.0 Å². The molecule has 1 saturated heterocycles. The molecule has 0 saturated carbocycles. The number of pyridine rings is 1. The van der Waals surface area contributed by atoms with Crippen molar-refractivity contribution in [2.75, 3.05) is 19.8 Å². The van der Waals surface area contributed by atoms with E-state index in [9.17, 15) is 4.39 Å². The number of nitrogens with one attached hydrogen (secondary N) is 1. The van der Waals surface area contributed by atoms with E-state index in [-0.39, 0.29) is 11.9 Å². The molecular formula is C10H13FN2O. The van der Waals surface area contributed by atoms with E-state index >= 15 is 0 Å². The van der Waals surface area contributed by atoms with Gasteiger partial charge in [-0.2, -0.15) is 0 Å². The van der Waals surface area contributed by atoms with Gasteiger partial charge in [-0.1, -0.05) is 0 Å². The second kappa shape index (κ2) is 4.02. The van der Waals surface area contributed by atoms with Gasteiger partial charge >= 0.3 is 0 Å². The fraction of sp³-hybridized carbons (Fsp3) is 0.500. The summed E-state index contributed by atoms with van der Waals surface area (Å²) < 4.78 is 18.3. The number of morpholine rings is 1. The molecule has 0 radical (unpaired) electrons. The van der Waals surface area contributed by atoms with Gasteiger partial charge in [0.2, 0.25) is 0 Å². The van der Waals surface area contributed by atoms with Gasteiger partial charge in [0.1, 0.15) is 5.82 Å². The van der Waals surface area contributed by atoms with E-state index in [1.165, 1.54) is 6.07 Å². The number of ether oxygens (including phenoxy) is 1. The highest BCUT2D eigenvalue weighted by molar-refractivity contribution is 5.15. The molecule has 1 aromatic rings. The summed E-state index contributed by atoms with van der Waals surface area (Å²) in [6.07, 6.45) is 0. The Balaban J connectivity index is 2.18. The first-order valence-electron chi connectivity index (χ1n) is 4.71. The van der Waals surface area contributed by atoms with Crippen molar-refractivity contribution in [2.45, 2.75) is 13.0 Å². The molecular weight excluding hydrogens is 183 g/mol. The van der Waals surface area contributed by atoms with Crippen molar-refractivity contribution in [1.82, 2.24) is 10.3 Å².